The highest BCUT2D eigenvalue weighted by Gasteiger charge is 2.32. The number of carbonyl (C=O) groups is 2. The third-order valence-corrected chi connectivity index (χ3v) is 5.94. The van der Waals surface area contributed by atoms with E-state index in [1.54, 1.807) is 35.2 Å². The van der Waals surface area contributed by atoms with Crippen molar-refractivity contribution in [2.75, 3.05) is 13.7 Å². The maximum Gasteiger partial charge on any atom is 0.335 e. The smallest absolute Gasteiger partial charge is 0.335 e. The summed E-state index contributed by atoms with van der Waals surface area (Å²) in [6.07, 6.45) is 1.73. The fourth-order valence-electron chi connectivity index (χ4n) is 2.64. The van der Waals surface area contributed by atoms with Gasteiger partial charge in [0.05, 0.1) is 26.8 Å². The predicted molar refractivity (Wildman–Crippen MR) is 121 cm³/mol. The summed E-state index contributed by atoms with van der Waals surface area (Å²) in [6.45, 7) is 2.31. The molecule has 150 valence electrons. The molecule has 29 heavy (non-hydrogen) atoms. The SMILES string of the molecule is CCN1C(=O)C(=Cc2cc(I)c(O)c(OC)c2)SC1=Nc1ccc(C(=O)O)cc1. The van der Waals surface area contributed by atoms with Gasteiger partial charge in [0.15, 0.2) is 16.7 Å². The number of likely N-dealkylation sites (N-methyl/N-ethyl adjacent to an activating group) is 1. The van der Waals surface area contributed by atoms with Gasteiger partial charge < -0.3 is 14.9 Å². The van der Waals surface area contributed by atoms with E-state index in [1.165, 1.54) is 31.0 Å². The van der Waals surface area contributed by atoms with Crippen molar-refractivity contribution in [3.8, 4) is 11.5 Å². The van der Waals surface area contributed by atoms with Crippen LogP contribution in [0.2, 0.25) is 0 Å². The van der Waals surface area contributed by atoms with Crippen molar-refractivity contribution >= 4 is 63.2 Å². The second kappa shape index (κ2) is 8.87. The summed E-state index contributed by atoms with van der Waals surface area (Å²) in [6, 6.07) is 9.57. The summed E-state index contributed by atoms with van der Waals surface area (Å²) in [5.41, 5.74) is 1.46. The summed E-state index contributed by atoms with van der Waals surface area (Å²) in [5, 5.41) is 19.5. The summed E-state index contributed by atoms with van der Waals surface area (Å²) in [4.78, 5) is 30.3. The Morgan fingerprint density at radius 1 is 1.31 bits per heavy atom. The minimum absolute atomic E-state index is 0.0582. The highest BCUT2D eigenvalue weighted by Crippen LogP contribution is 2.37. The minimum Gasteiger partial charge on any atom is -0.504 e. The number of rotatable bonds is 5. The number of phenolic OH excluding ortho intramolecular Hbond substituents is 1. The zero-order valence-electron chi connectivity index (χ0n) is 15.5. The molecule has 7 nitrogen and oxygen atoms in total. The molecule has 0 saturated carbocycles. The maximum absolute atomic E-state index is 12.8. The molecule has 2 aromatic rings. The Labute approximate surface area is 185 Å². The Balaban J connectivity index is 1.93. The number of halogens is 1. The number of thioether (sulfide) groups is 1. The largest absolute Gasteiger partial charge is 0.504 e. The van der Waals surface area contributed by atoms with E-state index >= 15 is 0 Å². The van der Waals surface area contributed by atoms with Crippen LogP contribution < -0.4 is 4.74 Å². The van der Waals surface area contributed by atoms with Gasteiger partial charge in [0.2, 0.25) is 0 Å². The molecule has 3 rings (SSSR count). The molecule has 1 amide bonds. The molecule has 2 N–H and O–H groups in total. The maximum atomic E-state index is 12.8. The summed E-state index contributed by atoms with van der Waals surface area (Å²) in [5.74, 6) is -0.781. The molecule has 0 spiro atoms. The van der Waals surface area contributed by atoms with E-state index in [0.717, 1.165) is 5.56 Å². The van der Waals surface area contributed by atoms with Gasteiger partial charge in [0.25, 0.3) is 5.91 Å². The van der Waals surface area contributed by atoms with Crippen LogP contribution in [0, 0.1) is 3.57 Å². The van der Waals surface area contributed by atoms with Crippen LogP contribution in [0.1, 0.15) is 22.8 Å². The monoisotopic (exact) mass is 524 g/mol. The molecule has 0 aromatic heterocycles. The number of nitrogens with zero attached hydrogens (tertiary/aromatic N) is 2. The number of aromatic carboxylic acids is 1. The van der Waals surface area contributed by atoms with Crippen LogP contribution in [0.15, 0.2) is 46.3 Å². The average molecular weight is 524 g/mol. The first-order valence-corrected chi connectivity index (χ1v) is 10.4. The molecule has 1 aliphatic heterocycles. The van der Waals surface area contributed by atoms with Crippen molar-refractivity contribution in [1.29, 1.82) is 0 Å². The molecule has 1 heterocycles. The molecule has 0 radical (unpaired) electrons. The molecule has 0 unspecified atom stereocenters. The second-order valence-electron chi connectivity index (χ2n) is 5.96. The van der Waals surface area contributed by atoms with E-state index in [1.807, 2.05) is 29.5 Å². The summed E-state index contributed by atoms with van der Waals surface area (Å²) < 4.78 is 5.79. The van der Waals surface area contributed by atoms with E-state index in [4.69, 9.17) is 9.84 Å². The quantitative estimate of drug-likeness (QED) is 0.447. The van der Waals surface area contributed by atoms with Gasteiger partial charge in [-0.05, 0) is 89.3 Å². The molecular weight excluding hydrogens is 507 g/mol. The van der Waals surface area contributed by atoms with Crippen molar-refractivity contribution in [3.05, 3.63) is 56.0 Å². The first-order valence-electron chi connectivity index (χ1n) is 8.54. The van der Waals surface area contributed by atoms with Crippen LogP contribution in [0.3, 0.4) is 0 Å². The number of hydrogen-bond donors (Lipinski definition) is 2. The molecule has 2 aromatic carbocycles. The van der Waals surface area contributed by atoms with Crippen LogP contribution >= 0.6 is 34.4 Å². The first kappa shape index (κ1) is 21.2. The van der Waals surface area contributed by atoms with E-state index in [9.17, 15) is 14.7 Å². The lowest BCUT2D eigenvalue weighted by Crippen LogP contribution is -2.28. The zero-order chi connectivity index (χ0) is 21.1. The topological polar surface area (TPSA) is 99.4 Å². The van der Waals surface area contributed by atoms with Crippen LogP contribution in [0.25, 0.3) is 6.08 Å². The number of amidine groups is 1. The lowest BCUT2D eigenvalue weighted by molar-refractivity contribution is -0.122. The van der Waals surface area contributed by atoms with Crippen molar-refractivity contribution in [3.63, 3.8) is 0 Å². The highest BCUT2D eigenvalue weighted by atomic mass is 127. The van der Waals surface area contributed by atoms with Gasteiger partial charge in [0, 0.05) is 6.54 Å². The van der Waals surface area contributed by atoms with Crippen molar-refractivity contribution in [1.82, 2.24) is 4.90 Å². The number of carboxylic acid groups (broad SMARTS) is 1. The van der Waals surface area contributed by atoms with Crippen molar-refractivity contribution in [2.24, 2.45) is 4.99 Å². The predicted octanol–water partition coefficient (Wildman–Crippen LogP) is 4.33. The van der Waals surface area contributed by atoms with Gasteiger partial charge in [-0.25, -0.2) is 9.79 Å². The molecule has 1 aliphatic rings. The minimum atomic E-state index is -1.01. The first-order chi connectivity index (χ1) is 13.8. The number of carboxylic acids is 1. The van der Waals surface area contributed by atoms with Crippen LogP contribution in [-0.2, 0) is 4.79 Å². The standard InChI is InChI=1S/C20H17IN2O5S/c1-3-23-18(25)16(10-11-8-14(21)17(24)15(9-11)28-2)29-20(23)22-13-6-4-12(5-7-13)19(26)27/h4-10,24H,3H2,1-2H3,(H,26,27). The number of benzene rings is 2. The summed E-state index contributed by atoms with van der Waals surface area (Å²) in [7, 11) is 1.47. The molecular formula is C20H17IN2O5S. The van der Waals surface area contributed by atoms with Crippen molar-refractivity contribution in [2.45, 2.75) is 6.92 Å². The van der Waals surface area contributed by atoms with Gasteiger partial charge in [-0.3, -0.25) is 9.69 Å². The lowest BCUT2D eigenvalue weighted by Gasteiger charge is -2.12. The molecule has 9 heteroatoms. The number of phenols is 1. The van der Waals surface area contributed by atoms with Gasteiger partial charge in [-0.2, -0.15) is 0 Å². The number of aromatic hydroxyl groups is 1. The number of hydrogen-bond acceptors (Lipinski definition) is 6. The second-order valence-corrected chi connectivity index (χ2v) is 8.13. The Hall–Kier alpha value is -2.53. The van der Waals surface area contributed by atoms with Crippen LogP contribution in [0.5, 0.6) is 11.5 Å². The Kier molecular flexibility index (Phi) is 6.48. The number of methoxy groups -OCH3 is 1. The molecule has 1 fully saturated rings. The number of carbonyl (C=O) groups excluding carboxylic acids is 1. The normalized spacial score (nSPS) is 16.7. The fraction of sp³-hybridized carbons (Fsp3) is 0.150. The van der Waals surface area contributed by atoms with Gasteiger partial charge in [-0.15, -0.1) is 0 Å². The fourth-order valence-corrected chi connectivity index (χ4v) is 4.33. The van der Waals surface area contributed by atoms with E-state index in [2.05, 4.69) is 4.99 Å². The molecule has 0 atom stereocenters. The number of amides is 1. The Morgan fingerprint density at radius 3 is 2.59 bits per heavy atom. The summed E-state index contributed by atoms with van der Waals surface area (Å²) >= 11 is 3.24. The Morgan fingerprint density at radius 2 is 2.00 bits per heavy atom. The Bertz CT molecular complexity index is 1030. The van der Waals surface area contributed by atoms with Gasteiger partial charge in [-0.1, -0.05) is 0 Å². The third kappa shape index (κ3) is 4.56. The van der Waals surface area contributed by atoms with Gasteiger partial charge in [0.1, 0.15) is 0 Å². The zero-order valence-corrected chi connectivity index (χ0v) is 18.5. The third-order valence-electron chi connectivity index (χ3n) is 4.11. The average Bonchev–Trinajstić information content (AvgIpc) is 2.99. The lowest BCUT2D eigenvalue weighted by atomic mass is 10.2. The molecule has 1 saturated heterocycles. The van der Waals surface area contributed by atoms with E-state index in [-0.39, 0.29) is 17.2 Å². The molecule has 0 bridgehead atoms. The van der Waals surface area contributed by atoms with E-state index < -0.39 is 5.97 Å². The van der Waals surface area contributed by atoms with Crippen LogP contribution in [0.4, 0.5) is 5.69 Å². The van der Waals surface area contributed by atoms with Crippen molar-refractivity contribution < 1.29 is 24.5 Å². The highest BCUT2D eigenvalue weighted by molar-refractivity contribution is 14.1. The van der Waals surface area contributed by atoms with Gasteiger partial charge >= 0.3 is 5.97 Å². The molecule has 0 aliphatic carbocycles. The van der Waals surface area contributed by atoms with Crippen LogP contribution in [-0.4, -0.2) is 45.8 Å². The van der Waals surface area contributed by atoms with E-state index in [0.29, 0.717) is 31.6 Å². The number of aliphatic imine (C=N–C) groups is 1. The number of ether oxygens (including phenoxy) is 1.